The lowest BCUT2D eigenvalue weighted by Gasteiger charge is -2.27. The van der Waals surface area contributed by atoms with Crippen LogP contribution in [-0.2, 0) is 10.5 Å². The van der Waals surface area contributed by atoms with Crippen molar-refractivity contribution in [2.45, 2.75) is 25.6 Å². The molecule has 0 aliphatic carbocycles. The molecule has 4 rings (SSSR count). The maximum absolute atomic E-state index is 13.4. The molecule has 2 N–H and O–H groups in total. The van der Waals surface area contributed by atoms with Crippen molar-refractivity contribution in [3.8, 4) is 11.8 Å². The second-order valence-corrected chi connectivity index (χ2v) is 9.07. The van der Waals surface area contributed by atoms with E-state index >= 15 is 0 Å². The van der Waals surface area contributed by atoms with E-state index in [4.69, 9.17) is 9.73 Å². The van der Waals surface area contributed by atoms with Gasteiger partial charge in [-0.3, -0.25) is 4.79 Å². The number of nitriles is 1. The van der Waals surface area contributed by atoms with E-state index in [0.29, 0.717) is 22.1 Å². The first-order chi connectivity index (χ1) is 17.0. The quantitative estimate of drug-likeness (QED) is 0.469. The minimum Gasteiger partial charge on any atom is -0.496 e. The number of para-hydroxylation sites is 1. The van der Waals surface area contributed by atoms with Gasteiger partial charge < -0.3 is 15.4 Å². The van der Waals surface area contributed by atoms with Gasteiger partial charge in [0.2, 0.25) is 0 Å². The monoisotopic (exact) mass is 482 g/mol. The number of ether oxygens (including phenoxy) is 1. The van der Waals surface area contributed by atoms with Gasteiger partial charge in [0.05, 0.1) is 24.3 Å². The number of carbonyl (C=O) groups is 1. The number of methoxy groups -OCH3 is 1. The molecule has 6 nitrogen and oxygen atoms in total. The van der Waals surface area contributed by atoms with E-state index in [0.717, 1.165) is 33.8 Å². The highest BCUT2D eigenvalue weighted by Crippen LogP contribution is 2.35. The summed E-state index contributed by atoms with van der Waals surface area (Å²) in [5.74, 6) is 1.11. The molecule has 7 heteroatoms. The van der Waals surface area contributed by atoms with Crippen LogP contribution in [0, 0.1) is 18.3 Å². The molecular formula is C28H26N4O2S. The van der Waals surface area contributed by atoms with Crippen LogP contribution in [0.1, 0.15) is 35.2 Å². The molecule has 3 aromatic carbocycles. The van der Waals surface area contributed by atoms with Crippen molar-refractivity contribution in [3.05, 3.63) is 106 Å². The van der Waals surface area contributed by atoms with Crippen molar-refractivity contribution in [1.29, 1.82) is 5.26 Å². The summed E-state index contributed by atoms with van der Waals surface area (Å²) in [6, 6.07) is 24.5. The molecule has 1 aliphatic rings. The predicted octanol–water partition coefficient (Wildman–Crippen LogP) is 5.72. The predicted molar refractivity (Wildman–Crippen MR) is 141 cm³/mol. The van der Waals surface area contributed by atoms with Gasteiger partial charge in [-0.15, -0.1) is 0 Å². The first-order valence-corrected chi connectivity index (χ1v) is 12.2. The zero-order valence-corrected chi connectivity index (χ0v) is 20.6. The highest BCUT2D eigenvalue weighted by molar-refractivity contribution is 8.13. The Balaban J connectivity index is 1.67. The Morgan fingerprint density at radius 1 is 1.11 bits per heavy atom. The summed E-state index contributed by atoms with van der Waals surface area (Å²) in [5, 5.41) is 16.4. The summed E-state index contributed by atoms with van der Waals surface area (Å²) in [6.45, 7) is 3.86. The van der Waals surface area contributed by atoms with Crippen molar-refractivity contribution >= 4 is 28.5 Å². The van der Waals surface area contributed by atoms with E-state index in [2.05, 4.69) is 16.7 Å². The lowest BCUT2D eigenvalue weighted by Crippen LogP contribution is -2.32. The molecule has 0 saturated heterocycles. The number of benzene rings is 3. The van der Waals surface area contributed by atoms with E-state index in [1.54, 1.807) is 7.11 Å². The average Bonchev–Trinajstić information content (AvgIpc) is 2.88. The number of amides is 1. The smallest absolute Gasteiger partial charge is 0.255 e. The number of aryl methyl sites for hydroxylation is 1. The second kappa shape index (κ2) is 10.9. The molecule has 0 unspecified atom stereocenters. The number of thioether (sulfide) groups is 1. The topological polar surface area (TPSA) is 86.5 Å². The molecule has 1 aliphatic heterocycles. The van der Waals surface area contributed by atoms with Crippen LogP contribution in [-0.4, -0.2) is 18.2 Å². The molecule has 1 atom stereocenters. The van der Waals surface area contributed by atoms with Crippen LogP contribution in [0.2, 0.25) is 0 Å². The molecule has 3 aromatic rings. The van der Waals surface area contributed by atoms with Gasteiger partial charge in [-0.1, -0.05) is 60.3 Å². The maximum Gasteiger partial charge on any atom is 0.255 e. The van der Waals surface area contributed by atoms with Gasteiger partial charge in [-0.25, -0.2) is 4.99 Å². The molecule has 0 radical (unpaired) electrons. The van der Waals surface area contributed by atoms with Crippen molar-refractivity contribution in [2.24, 2.45) is 4.99 Å². The molecule has 0 spiro atoms. The van der Waals surface area contributed by atoms with Crippen LogP contribution in [0.4, 0.5) is 5.69 Å². The highest BCUT2D eigenvalue weighted by atomic mass is 32.2. The summed E-state index contributed by atoms with van der Waals surface area (Å²) >= 11 is 1.50. The third-order valence-corrected chi connectivity index (χ3v) is 6.68. The van der Waals surface area contributed by atoms with E-state index < -0.39 is 6.04 Å². The Morgan fingerprint density at radius 2 is 1.86 bits per heavy atom. The Morgan fingerprint density at radius 3 is 2.60 bits per heavy atom. The van der Waals surface area contributed by atoms with Gasteiger partial charge in [0.1, 0.15) is 11.8 Å². The van der Waals surface area contributed by atoms with Crippen LogP contribution in [0.3, 0.4) is 0 Å². The molecule has 0 aromatic heterocycles. The van der Waals surface area contributed by atoms with Crippen molar-refractivity contribution in [2.75, 3.05) is 12.4 Å². The number of allylic oxidation sites excluding steroid dienone is 1. The van der Waals surface area contributed by atoms with Gasteiger partial charge in [0.25, 0.3) is 5.91 Å². The van der Waals surface area contributed by atoms with E-state index in [9.17, 15) is 10.1 Å². The lowest BCUT2D eigenvalue weighted by atomic mass is 9.94. The molecule has 1 amide bonds. The Hall–Kier alpha value is -4.02. The van der Waals surface area contributed by atoms with E-state index in [-0.39, 0.29) is 5.91 Å². The first-order valence-electron chi connectivity index (χ1n) is 11.2. The van der Waals surface area contributed by atoms with Crippen LogP contribution >= 0.6 is 11.8 Å². The zero-order chi connectivity index (χ0) is 24.8. The maximum atomic E-state index is 13.4. The van der Waals surface area contributed by atoms with Gasteiger partial charge in [0, 0.05) is 17.1 Å². The summed E-state index contributed by atoms with van der Waals surface area (Å²) in [4.78, 5) is 18.3. The largest absolute Gasteiger partial charge is 0.496 e. The molecule has 1 heterocycles. The lowest BCUT2D eigenvalue weighted by molar-refractivity contribution is -0.113. The number of anilines is 1. The van der Waals surface area contributed by atoms with Crippen LogP contribution in [0.5, 0.6) is 5.75 Å². The standard InChI is InChI=1S/C28H26N4O2S/c1-18-13-14-20(15-24(18)34-3)26-25(27(33)31-23-11-5-4-6-12-23)19(2)30-28(32-26)35-17-22-10-8-7-9-21(22)16-29/h4-15,26H,17H2,1-3H3,(H,30,32)(H,31,33)/t26-/m0/s1. The number of rotatable bonds is 6. The van der Waals surface area contributed by atoms with Gasteiger partial charge in [-0.2, -0.15) is 5.26 Å². The number of aliphatic imine (C=N–C) groups is 1. The Bertz CT molecular complexity index is 1340. The van der Waals surface area contributed by atoms with Crippen LogP contribution in [0.15, 0.2) is 89.1 Å². The summed E-state index contributed by atoms with van der Waals surface area (Å²) in [5.41, 5.74) is 5.44. The van der Waals surface area contributed by atoms with E-state index in [1.165, 1.54) is 11.8 Å². The fraction of sp³-hybridized carbons (Fsp3) is 0.179. The number of nitrogens with zero attached hydrogens (tertiary/aromatic N) is 2. The first kappa shape index (κ1) is 24.1. The van der Waals surface area contributed by atoms with Crippen LogP contribution in [0.25, 0.3) is 0 Å². The summed E-state index contributed by atoms with van der Waals surface area (Å²) in [7, 11) is 1.63. The fourth-order valence-electron chi connectivity index (χ4n) is 3.88. The molecular weight excluding hydrogens is 456 g/mol. The zero-order valence-electron chi connectivity index (χ0n) is 19.8. The number of nitrogens with one attached hydrogen (secondary N) is 2. The van der Waals surface area contributed by atoms with Crippen LogP contribution < -0.4 is 15.4 Å². The number of hydrogen-bond donors (Lipinski definition) is 2. The number of amidine groups is 1. The third kappa shape index (κ3) is 5.56. The summed E-state index contributed by atoms with van der Waals surface area (Å²) in [6.07, 6.45) is 0. The minimum atomic E-state index is -0.511. The second-order valence-electron chi connectivity index (χ2n) is 8.11. The van der Waals surface area contributed by atoms with E-state index in [1.807, 2.05) is 86.6 Å². The molecule has 0 saturated carbocycles. The Labute approximate surface area is 209 Å². The van der Waals surface area contributed by atoms with Gasteiger partial charge in [0.15, 0.2) is 5.17 Å². The minimum absolute atomic E-state index is 0.214. The number of carbonyl (C=O) groups excluding carboxylic acids is 1. The van der Waals surface area contributed by atoms with Gasteiger partial charge >= 0.3 is 0 Å². The third-order valence-electron chi connectivity index (χ3n) is 5.74. The Kier molecular flexibility index (Phi) is 7.54. The normalized spacial score (nSPS) is 15.0. The fourth-order valence-corrected chi connectivity index (χ4v) is 4.83. The highest BCUT2D eigenvalue weighted by Gasteiger charge is 2.30. The SMILES string of the molecule is COc1cc([C@@H]2N=C(SCc3ccccc3C#N)NC(C)=C2C(=O)Nc2ccccc2)ccc1C. The van der Waals surface area contributed by atoms with Gasteiger partial charge in [-0.05, 0) is 54.8 Å². The number of hydrogen-bond acceptors (Lipinski definition) is 6. The summed E-state index contributed by atoms with van der Waals surface area (Å²) < 4.78 is 5.54. The van der Waals surface area contributed by atoms with Crippen molar-refractivity contribution in [1.82, 2.24) is 5.32 Å². The molecule has 0 bridgehead atoms. The molecule has 0 fully saturated rings. The van der Waals surface area contributed by atoms with Crippen molar-refractivity contribution < 1.29 is 9.53 Å². The molecule has 35 heavy (non-hydrogen) atoms. The van der Waals surface area contributed by atoms with Crippen molar-refractivity contribution in [3.63, 3.8) is 0 Å². The average molecular weight is 483 g/mol. The molecule has 176 valence electrons.